The number of hydrogen-bond donors (Lipinski definition) is 1. The first-order chi connectivity index (χ1) is 13.5. The topological polar surface area (TPSA) is 68.0 Å². The van der Waals surface area contributed by atoms with E-state index in [1.807, 2.05) is 56.3 Å². The molecular formula is C22H30ClN3O3. The molecule has 0 fully saturated rings. The van der Waals surface area contributed by atoms with Crippen LogP contribution < -0.4 is 15.2 Å². The van der Waals surface area contributed by atoms with Crippen molar-refractivity contribution in [3.05, 3.63) is 53.1 Å². The standard InChI is InChI=1S/C22H29N3O3.ClH/c1-5-28-20-13-15(9-10-19(20)27-4)18(11-12-24(2)3)25-14-16-7-6-8-17(23)21(16)22(25)26;/h6-10,13,18H,5,11-12,14,23H2,1-4H3;1H. The average molecular weight is 420 g/mol. The summed E-state index contributed by atoms with van der Waals surface area (Å²) in [4.78, 5) is 17.2. The molecule has 6 nitrogen and oxygen atoms in total. The van der Waals surface area contributed by atoms with Gasteiger partial charge in [-0.3, -0.25) is 4.79 Å². The number of benzene rings is 2. The normalized spacial score (nSPS) is 13.8. The molecular weight excluding hydrogens is 390 g/mol. The van der Waals surface area contributed by atoms with E-state index in [9.17, 15) is 4.79 Å². The van der Waals surface area contributed by atoms with Gasteiger partial charge in [-0.05, 0) is 63.3 Å². The van der Waals surface area contributed by atoms with Crippen LogP contribution in [-0.4, -0.2) is 50.1 Å². The highest BCUT2D eigenvalue weighted by Gasteiger charge is 2.35. The maximum Gasteiger partial charge on any atom is 0.257 e. The Hall–Kier alpha value is -2.44. The van der Waals surface area contributed by atoms with E-state index in [0.29, 0.717) is 35.9 Å². The Morgan fingerprint density at radius 2 is 1.97 bits per heavy atom. The molecule has 0 aliphatic carbocycles. The number of halogens is 1. The number of amides is 1. The lowest BCUT2D eigenvalue weighted by atomic mass is 10.0. The number of methoxy groups -OCH3 is 1. The van der Waals surface area contributed by atoms with Gasteiger partial charge < -0.3 is 25.0 Å². The lowest BCUT2D eigenvalue weighted by Gasteiger charge is -2.30. The number of anilines is 1. The van der Waals surface area contributed by atoms with Gasteiger partial charge in [0.2, 0.25) is 0 Å². The van der Waals surface area contributed by atoms with Gasteiger partial charge in [0.05, 0.1) is 25.3 Å². The van der Waals surface area contributed by atoms with E-state index < -0.39 is 0 Å². The summed E-state index contributed by atoms with van der Waals surface area (Å²) in [6.07, 6.45) is 0.810. The second kappa shape index (κ2) is 9.85. The van der Waals surface area contributed by atoms with Crippen molar-refractivity contribution in [2.24, 2.45) is 0 Å². The molecule has 1 aliphatic heterocycles. The molecule has 2 aromatic carbocycles. The van der Waals surface area contributed by atoms with Crippen molar-refractivity contribution in [1.29, 1.82) is 0 Å². The van der Waals surface area contributed by atoms with Gasteiger partial charge in [-0.15, -0.1) is 12.4 Å². The van der Waals surface area contributed by atoms with E-state index >= 15 is 0 Å². The highest BCUT2D eigenvalue weighted by Crippen LogP contribution is 2.38. The van der Waals surface area contributed by atoms with Gasteiger partial charge in [-0.25, -0.2) is 0 Å². The second-order valence-electron chi connectivity index (χ2n) is 7.27. The maximum atomic E-state index is 13.2. The number of fused-ring (bicyclic) bond motifs is 1. The molecule has 158 valence electrons. The molecule has 7 heteroatoms. The van der Waals surface area contributed by atoms with Crippen LogP contribution in [0.25, 0.3) is 0 Å². The molecule has 1 unspecified atom stereocenters. The predicted octanol–water partition coefficient (Wildman–Crippen LogP) is 3.75. The zero-order valence-electron chi connectivity index (χ0n) is 17.5. The molecule has 2 aromatic rings. The largest absolute Gasteiger partial charge is 0.493 e. The molecule has 1 amide bonds. The van der Waals surface area contributed by atoms with Crippen LogP contribution in [0.1, 0.15) is 40.9 Å². The van der Waals surface area contributed by atoms with Crippen LogP contribution in [0.15, 0.2) is 36.4 Å². The minimum Gasteiger partial charge on any atom is -0.493 e. The fraction of sp³-hybridized carbons (Fsp3) is 0.409. The van der Waals surface area contributed by atoms with Crippen LogP contribution in [0.4, 0.5) is 5.69 Å². The van der Waals surface area contributed by atoms with E-state index in [4.69, 9.17) is 15.2 Å². The number of carbonyl (C=O) groups excluding carboxylic acids is 1. The van der Waals surface area contributed by atoms with E-state index in [1.54, 1.807) is 13.2 Å². The monoisotopic (exact) mass is 419 g/mol. The summed E-state index contributed by atoms with van der Waals surface area (Å²) in [6.45, 7) is 3.91. The van der Waals surface area contributed by atoms with Gasteiger partial charge in [0, 0.05) is 12.2 Å². The zero-order chi connectivity index (χ0) is 20.3. The molecule has 1 atom stereocenters. The van der Waals surface area contributed by atoms with Gasteiger partial charge in [-0.1, -0.05) is 18.2 Å². The highest BCUT2D eigenvalue weighted by molar-refractivity contribution is 6.03. The Bertz CT molecular complexity index is 857. The molecule has 0 radical (unpaired) electrons. The fourth-order valence-electron chi connectivity index (χ4n) is 3.72. The summed E-state index contributed by atoms with van der Waals surface area (Å²) in [7, 11) is 5.70. The number of nitrogens with zero attached hydrogens (tertiary/aromatic N) is 2. The Balaban J connectivity index is 0.00000300. The molecule has 0 saturated heterocycles. The fourth-order valence-corrected chi connectivity index (χ4v) is 3.72. The van der Waals surface area contributed by atoms with Crippen molar-refractivity contribution in [3.63, 3.8) is 0 Å². The van der Waals surface area contributed by atoms with Gasteiger partial charge in [0.15, 0.2) is 11.5 Å². The second-order valence-corrected chi connectivity index (χ2v) is 7.27. The smallest absolute Gasteiger partial charge is 0.257 e. The number of nitrogens with two attached hydrogens (primary N) is 1. The van der Waals surface area contributed by atoms with Gasteiger partial charge in [-0.2, -0.15) is 0 Å². The first-order valence-corrected chi connectivity index (χ1v) is 9.60. The highest BCUT2D eigenvalue weighted by atomic mass is 35.5. The van der Waals surface area contributed by atoms with Crippen LogP contribution in [0.2, 0.25) is 0 Å². The number of nitrogen functional groups attached to an aromatic ring is 1. The molecule has 1 aliphatic rings. The predicted molar refractivity (Wildman–Crippen MR) is 118 cm³/mol. The quantitative estimate of drug-likeness (QED) is 0.660. The van der Waals surface area contributed by atoms with Crippen LogP contribution in [0.5, 0.6) is 11.5 Å². The first-order valence-electron chi connectivity index (χ1n) is 9.60. The SMILES string of the molecule is CCOc1cc(C(CCN(C)C)N2Cc3cccc(N)c3C2=O)ccc1OC.Cl. The molecule has 1 heterocycles. The Kier molecular flexibility index (Phi) is 7.76. The minimum atomic E-state index is -0.0770. The van der Waals surface area contributed by atoms with Crippen molar-refractivity contribution in [2.45, 2.75) is 25.9 Å². The third-order valence-electron chi connectivity index (χ3n) is 5.10. The van der Waals surface area contributed by atoms with E-state index in [1.165, 1.54) is 0 Å². The first kappa shape index (κ1) is 22.8. The van der Waals surface area contributed by atoms with Gasteiger partial charge in [0.1, 0.15) is 0 Å². The summed E-state index contributed by atoms with van der Waals surface area (Å²) in [6, 6.07) is 11.5. The molecule has 0 aromatic heterocycles. The third kappa shape index (κ3) is 4.77. The third-order valence-corrected chi connectivity index (χ3v) is 5.10. The molecule has 0 spiro atoms. The van der Waals surface area contributed by atoms with Crippen molar-refractivity contribution in [2.75, 3.05) is 40.1 Å². The summed E-state index contributed by atoms with van der Waals surface area (Å²) < 4.78 is 11.2. The molecule has 29 heavy (non-hydrogen) atoms. The number of hydrogen-bond acceptors (Lipinski definition) is 5. The van der Waals surface area contributed by atoms with Crippen LogP contribution >= 0.6 is 12.4 Å². The summed E-state index contributed by atoms with van der Waals surface area (Å²) in [5.41, 5.74) is 9.29. The van der Waals surface area contributed by atoms with Gasteiger partial charge >= 0.3 is 0 Å². The number of rotatable bonds is 8. The van der Waals surface area contributed by atoms with E-state index in [2.05, 4.69) is 4.90 Å². The zero-order valence-corrected chi connectivity index (χ0v) is 18.3. The van der Waals surface area contributed by atoms with Crippen LogP contribution in [0.3, 0.4) is 0 Å². The molecule has 3 rings (SSSR count). The van der Waals surface area contributed by atoms with E-state index in [-0.39, 0.29) is 24.4 Å². The average Bonchev–Trinajstić information content (AvgIpc) is 3.00. The Labute approximate surface area is 179 Å². The minimum absolute atomic E-state index is 0. The summed E-state index contributed by atoms with van der Waals surface area (Å²) in [5.74, 6) is 1.38. The van der Waals surface area contributed by atoms with Crippen molar-refractivity contribution >= 4 is 24.0 Å². The summed E-state index contributed by atoms with van der Waals surface area (Å²) in [5, 5.41) is 0. The Morgan fingerprint density at radius 1 is 1.21 bits per heavy atom. The number of ether oxygens (including phenoxy) is 2. The molecule has 0 bridgehead atoms. The lowest BCUT2D eigenvalue weighted by molar-refractivity contribution is 0.0684. The van der Waals surface area contributed by atoms with Crippen molar-refractivity contribution < 1.29 is 14.3 Å². The van der Waals surface area contributed by atoms with Crippen LogP contribution in [0, 0.1) is 0 Å². The summed E-state index contributed by atoms with van der Waals surface area (Å²) >= 11 is 0. The van der Waals surface area contributed by atoms with Crippen molar-refractivity contribution in [3.8, 4) is 11.5 Å². The lowest BCUT2D eigenvalue weighted by Crippen LogP contribution is -2.31. The Morgan fingerprint density at radius 3 is 2.59 bits per heavy atom. The molecule has 2 N–H and O–H groups in total. The van der Waals surface area contributed by atoms with E-state index in [0.717, 1.165) is 24.1 Å². The number of carbonyl (C=O) groups is 1. The van der Waals surface area contributed by atoms with Crippen molar-refractivity contribution in [1.82, 2.24) is 9.80 Å². The molecule has 0 saturated carbocycles. The van der Waals surface area contributed by atoms with Crippen LogP contribution in [-0.2, 0) is 6.54 Å². The maximum absolute atomic E-state index is 13.2. The van der Waals surface area contributed by atoms with Gasteiger partial charge in [0.25, 0.3) is 5.91 Å².